The average molecular weight is 2070 g/mol. The van der Waals surface area contributed by atoms with Crippen LogP contribution in [0.5, 0.6) is 0 Å². The van der Waals surface area contributed by atoms with Crippen LogP contribution < -0.4 is 47.4 Å². The second kappa shape index (κ2) is 47.4. The van der Waals surface area contributed by atoms with Crippen molar-refractivity contribution in [3.63, 3.8) is 0 Å². The first-order valence-corrected chi connectivity index (χ1v) is 52.5. The second-order valence-electron chi connectivity index (χ2n) is 43.3. The van der Waals surface area contributed by atoms with E-state index in [1.807, 2.05) is 45.0 Å². The zero-order chi connectivity index (χ0) is 105. The third-order valence-electron chi connectivity index (χ3n) is 27.1. The number of anilines is 2. The fourth-order valence-corrected chi connectivity index (χ4v) is 22.3. The lowest BCUT2D eigenvalue weighted by molar-refractivity contribution is -0.146. The van der Waals surface area contributed by atoms with Crippen LogP contribution in [0.25, 0.3) is 0 Å². The molecule has 0 aromatic heterocycles. The Labute approximate surface area is 839 Å². The van der Waals surface area contributed by atoms with Gasteiger partial charge in [-0.05, 0) is 196 Å². The summed E-state index contributed by atoms with van der Waals surface area (Å²) in [6.07, 6.45) is 17.5. The van der Waals surface area contributed by atoms with Crippen LogP contribution in [0.15, 0.2) is 123 Å². The average Bonchev–Trinajstić information content (AvgIpc) is 1.56. The molecule has 17 atom stereocenters. The van der Waals surface area contributed by atoms with Crippen LogP contribution >= 0.6 is 31.6 Å². The molecule has 4 saturated carbocycles. The molecule has 13 amide bonds. The van der Waals surface area contributed by atoms with Crippen molar-refractivity contribution < 1.29 is 105 Å². The molecular weight excluding hydrogens is 1920 g/mol. The van der Waals surface area contributed by atoms with Gasteiger partial charge in [0.15, 0.2) is 0 Å². The number of amides is 13. The van der Waals surface area contributed by atoms with Crippen LogP contribution in [-0.2, 0) is 61.4 Å². The Morgan fingerprint density at radius 2 is 1.04 bits per heavy atom. The lowest BCUT2D eigenvalue weighted by Gasteiger charge is -2.36. The number of carboxylic acids is 1. The topological polar surface area (TPSA) is 473 Å². The van der Waals surface area contributed by atoms with Crippen molar-refractivity contribution in [1.82, 2.24) is 66.6 Å². The number of piperidine rings is 2. The van der Waals surface area contributed by atoms with E-state index < -0.39 is 191 Å². The first kappa shape index (κ1) is 114. The predicted octanol–water partition coefficient (Wildman–Crippen LogP) is 13.2. The molecular formula is C101H151BrN15O22P2+. The molecule has 37 nitrogen and oxygen atoms in total. The standard InChI is InChI=1S/C37H53BrN5O9P.C36H53N6O7P.C28H44N4O6/c1-6-23-21-37(23,53(49,50)51-7-2)41-32(45)29-20-25(22-43(29)34(47)30(36(3,4)5)40-35(48)52-26-13-9-10-14-26)39-31(44)28-19-24(38)15-16-27(28)33(46)42-17-11-8-12-18-42;1-9-18-41(32(45)37-26-16-12-13-17-27(26)40-19-14-11-15-20-40)25-21-28(30(43)39-36(50(47)48)22-24(36)10-2)42(23-25)31(44)29(34(3,4)5)38-33(46)49-35(6,7)8;1-10-13-31(14-11-2)19-15-20(22(33)30-28(24(35)36)16-18(28)12-3)32(17-19)23(34)21(26(4,5)6)29-25(37)38-27(7,8)9/h6,15-16,19,23,25-26,29-30H,1,7-14,17-18,20-22H2,2-5H3,(H,39,44)(H,40,48)(H,41,45)(H,49,50);9-10,12-13,16-17,24-25,28-29H,1-2,11,14-15,18-23H2,3-8H3,(H3-,37,38,39,43,45,46,47,48);10-12,18-21H,1-3,13-17H2,4-9H3,(H,29,37)(H,30,33)(H,35,36)/p+1/t23?,25-,29+,30-,37?;24?,25-,28+,29-,36?;18?,19-,20+,21-,28?/m111/s1. The minimum Gasteiger partial charge on any atom is -0.479 e. The van der Waals surface area contributed by atoms with E-state index in [0.717, 1.165) is 83.0 Å². The molecule has 0 bridgehead atoms. The Morgan fingerprint density at radius 3 is 1.51 bits per heavy atom. The number of aliphatic carboxylic acids is 1. The number of hydrogen-bond acceptors (Lipinski definition) is 21. The SMILES string of the molecule is C=CC1CC1(NC(=O)[C@@H]1C[C@@H](NC(=O)c2cc(Br)ccc2C(=O)N2CCCCC2)CN1C(=O)[C@@H](NC(=O)OC1CCCC1)C(C)(C)C)P(=O)(O)OCC.C=CCN(C(=O)Nc1ccccc1N1CCCCC1)[C@@H]1C[C@@H](C(=O)NC2([P+](=O)O)CC2C=C)N(C(=O)[C@@H](NC(=O)OC(C)(C)C)C(C)(C)C)C1.C=CCN(CC=C)[C@@H]1C[C@@H](C(=O)NC2(C(=O)O)CC2C=C)N(C(=O)[C@@H](NC(=O)OC(C)(C)C)C(C)(C)C)C1. The van der Waals surface area contributed by atoms with Gasteiger partial charge in [-0.15, -0.1) is 39.5 Å². The van der Waals surface area contributed by atoms with Gasteiger partial charge in [-0.1, -0.05) is 127 Å². The van der Waals surface area contributed by atoms with E-state index in [1.54, 1.807) is 136 Å². The van der Waals surface area contributed by atoms with Crippen molar-refractivity contribution in [2.45, 2.75) is 301 Å². The third kappa shape index (κ3) is 28.8. The van der Waals surface area contributed by atoms with Crippen molar-refractivity contribution in [1.29, 1.82) is 0 Å². The number of benzene rings is 2. The van der Waals surface area contributed by atoms with Crippen molar-refractivity contribution in [3.8, 4) is 0 Å². The Balaban J connectivity index is 0.000000240. The number of carboxylic acid groups (broad SMARTS) is 1. The van der Waals surface area contributed by atoms with E-state index in [1.165, 1.54) is 32.9 Å². The van der Waals surface area contributed by atoms with Crippen molar-refractivity contribution in [3.05, 3.63) is 134 Å². The highest BCUT2D eigenvalue weighted by atomic mass is 79.9. The summed E-state index contributed by atoms with van der Waals surface area (Å²) in [5, 5.41) is 29.1. The molecule has 9 fully saturated rings. The second-order valence-corrected chi connectivity index (χ2v) is 47.7. The lowest BCUT2D eigenvalue weighted by atomic mass is 9.85. The maximum absolute atomic E-state index is 14.5. The van der Waals surface area contributed by atoms with E-state index in [-0.39, 0.29) is 106 Å². The van der Waals surface area contributed by atoms with Gasteiger partial charge in [-0.2, -0.15) is 4.89 Å². The zero-order valence-electron chi connectivity index (χ0n) is 84.8. The van der Waals surface area contributed by atoms with Gasteiger partial charge in [0.05, 0.1) is 41.1 Å². The number of rotatable bonds is 34. The number of alkyl carbamates (subject to hydrolysis) is 3. The largest absolute Gasteiger partial charge is 0.534 e. The highest BCUT2D eigenvalue weighted by Crippen LogP contribution is 2.70. The van der Waals surface area contributed by atoms with E-state index in [9.17, 15) is 86.4 Å². The van der Waals surface area contributed by atoms with Crippen LogP contribution in [0.4, 0.5) is 30.6 Å². The molecule has 9 aliphatic rings. The number of ether oxygens (including phenoxy) is 3. The number of urea groups is 1. The van der Waals surface area contributed by atoms with Crippen molar-refractivity contribution >= 4 is 120 Å². The van der Waals surface area contributed by atoms with Gasteiger partial charge in [-0.25, -0.2) is 24.0 Å². The maximum atomic E-state index is 14.5. The normalized spacial score (nSPS) is 25.5. The summed E-state index contributed by atoms with van der Waals surface area (Å²) in [6, 6.07) is 4.03. The molecule has 2 aromatic rings. The molecule has 40 heteroatoms. The van der Waals surface area contributed by atoms with Crippen LogP contribution in [0.3, 0.4) is 0 Å². The Morgan fingerprint density at radius 1 is 0.567 bits per heavy atom. The number of hydrogen-bond donors (Lipinski definition) is 11. The molecule has 141 heavy (non-hydrogen) atoms. The van der Waals surface area contributed by atoms with Crippen molar-refractivity contribution in [2.24, 2.45) is 34.0 Å². The number of nitrogens with zero attached hydrogens (tertiary/aromatic N) is 7. The molecule has 2 aromatic carbocycles. The number of likely N-dealkylation sites (tertiary alicyclic amines) is 4. The number of para-hydroxylation sites is 2. The molecule has 4 aliphatic carbocycles. The Hall–Kier alpha value is -10.4. The summed E-state index contributed by atoms with van der Waals surface area (Å²) in [5.41, 5.74) is -3.37. The predicted molar refractivity (Wildman–Crippen MR) is 540 cm³/mol. The minimum atomic E-state index is -4.37. The fraction of sp³-hybridized carbons (Fsp3) is 0.634. The van der Waals surface area contributed by atoms with Crippen molar-refractivity contribution in [2.75, 3.05) is 82.3 Å². The Bertz CT molecular complexity index is 5040. The van der Waals surface area contributed by atoms with Gasteiger partial charge >= 0.3 is 45.9 Å². The van der Waals surface area contributed by atoms with E-state index >= 15 is 0 Å². The summed E-state index contributed by atoms with van der Waals surface area (Å²) in [4.78, 5) is 210. The van der Waals surface area contributed by atoms with Gasteiger partial charge in [0.25, 0.3) is 17.1 Å². The molecule has 5 heterocycles. The smallest absolute Gasteiger partial charge is 0.479 e. The van der Waals surface area contributed by atoms with E-state index in [0.29, 0.717) is 36.3 Å². The molecule has 0 radical (unpaired) electrons. The quantitative estimate of drug-likeness (QED) is 0.0176. The van der Waals surface area contributed by atoms with Gasteiger partial charge in [0.2, 0.25) is 35.4 Å². The van der Waals surface area contributed by atoms with Crippen LogP contribution in [0.2, 0.25) is 0 Å². The maximum Gasteiger partial charge on any atom is 0.534 e. The van der Waals surface area contributed by atoms with Crippen LogP contribution in [0, 0.1) is 34.0 Å². The first-order valence-electron chi connectivity index (χ1n) is 48.9. The number of carbonyl (C=O) groups is 13. The van der Waals surface area contributed by atoms with E-state index in [4.69, 9.17) is 18.7 Å². The highest BCUT2D eigenvalue weighted by Gasteiger charge is 2.71. The lowest BCUT2D eigenvalue weighted by Crippen LogP contribution is -2.59. The number of nitrogens with one attached hydrogen (secondary N) is 8. The van der Waals surface area contributed by atoms with Crippen LogP contribution in [-0.4, -0.2) is 282 Å². The van der Waals surface area contributed by atoms with Gasteiger partial charge < -0.3 is 101 Å². The minimum absolute atomic E-state index is 0.0301. The molecule has 5 aliphatic heterocycles. The summed E-state index contributed by atoms with van der Waals surface area (Å²) in [6.45, 7) is 54.8. The first-order chi connectivity index (χ1) is 65.9. The van der Waals surface area contributed by atoms with Gasteiger partial charge in [0.1, 0.15) is 64.4 Å². The number of halogens is 1. The zero-order valence-corrected chi connectivity index (χ0v) is 88.2. The molecule has 5 saturated heterocycles. The van der Waals surface area contributed by atoms with Gasteiger partial charge in [0, 0.05) is 100 Å². The summed E-state index contributed by atoms with van der Waals surface area (Å²) < 4.78 is 48.1. The Kier molecular flexibility index (Phi) is 38.4. The van der Waals surface area contributed by atoms with Crippen LogP contribution in [0.1, 0.15) is 234 Å². The fourth-order valence-electron chi connectivity index (χ4n) is 19.2. The third-order valence-corrected chi connectivity index (χ3v) is 31.1. The highest BCUT2D eigenvalue weighted by molar-refractivity contribution is 9.10. The summed E-state index contributed by atoms with van der Waals surface area (Å²) in [7, 11) is -7.18. The summed E-state index contributed by atoms with van der Waals surface area (Å²) in [5.74, 6) is -6.72. The van der Waals surface area contributed by atoms with E-state index in [2.05, 4.69) is 108 Å². The monoisotopic (exact) mass is 2070 g/mol. The molecule has 11 N–H and O–H groups in total. The molecule has 0 spiro atoms. The summed E-state index contributed by atoms with van der Waals surface area (Å²) >= 11 is 3.42. The molecule has 778 valence electrons. The molecule has 11 rings (SSSR count). The number of carbonyl (C=O) groups excluding carboxylic acids is 12. The van der Waals surface area contributed by atoms with Gasteiger partial charge in [-0.3, -0.25) is 47.8 Å². The molecule has 8 unspecified atom stereocenters.